The molecule has 15 nitrogen and oxygen atoms in total. The number of hydrogen-bond donors (Lipinski definition) is 0. The number of fused-ring (bicyclic) bond motifs is 10. The minimum atomic E-state index is -2.90. The number of thiazole rings is 2. The zero-order chi connectivity index (χ0) is 64.0. The van der Waals surface area contributed by atoms with Crippen molar-refractivity contribution in [3.8, 4) is 0 Å². The molecular formula is C77H45N3O12S2. The van der Waals surface area contributed by atoms with E-state index >= 15 is 19.2 Å². The third-order valence-corrected chi connectivity index (χ3v) is 19.5. The molecule has 452 valence electrons. The summed E-state index contributed by atoms with van der Waals surface area (Å²) < 4.78 is 25.2. The first-order chi connectivity index (χ1) is 45.9. The summed E-state index contributed by atoms with van der Waals surface area (Å²) in [4.78, 5) is 138. The number of Topliss-reactive ketones (excluding diaryl/α,β-unsaturated/α-hetero) is 2. The third-order valence-electron chi connectivity index (χ3n) is 17.6. The third kappa shape index (κ3) is 9.17. The molecule has 17 heteroatoms. The molecule has 0 spiro atoms. The number of ketones is 2. The van der Waals surface area contributed by atoms with Crippen LogP contribution in [0.3, 0.4) is 0 Å². The first kappa shape index (κ1) is 57.4. The highest BCUT2D eigenvalue weighted by molar-refractivity contribution is 7.17. The molecule has 13 aromatic rings. The number of nitrogens with zero attached hydrogens (tertiary/aromatic N) is 3. The van der Waals surface area contributed by atoms with E-state index in [-0.39, 0.29) is 64.2 Å². The van der Waals surface area contributed by atoms with E-state index in [0.717, 1.165) is 43.7 Å². The van der Waals surface area contributed by atoms with Crippen LogP contribution in [0, 0.1) is 0 Å². The SMILES string of the molecule is O=C1C(=Cc2nc3c(s2)C2=C(c4sc(N=c5c(=O)c6cc7cc8ccccc8cc7cc6c5=O)nc4C2(C(=O)OCc2ccccc2)C(=O)OCc2ccccc2)C3(C(=O)OCc2ccccc2)C(=O)OCc2ccccc2)C(=O)c2cc3cc4ccccc4cc3cc21. The minimum absolute atomic E-state index is 0.0920. The molecule has 0 saturated carbocycles. The quantitative estimate of drug-likeness (QED) is 0.0248. The molecule has 11 aromatic carbocycles. The van der Waals surface area contributed by atoms with E-state index in [1.54, 1.807) is 146 Å². The smallest absolute Gasteiger partial charge is 0.334 e. The summed E-state index contributed by atoms with van der Waals surface area (Å²) in [7, 11) is 0. The molecule has 0 saturated heterocycles. The Kier molecular flexibility index (Phi) is 13.8. The van der Waals surface area contributed by atoms with Gasteiger partial charge in [0.25, 0.3) is 0 Å². The lowest BCUT2D eigenvalue weighted by Crippen LogP contribution is -2.46. The van der Waals surface area contributed by atoms with Crippen LogP contribution in [0.15, 0.2) is 239 Å². The van der Waals surface area contributed by atoms with Crippen molar-refractivity contribution in [1.82, 2.24) is 9.97 Å². The fourth-order valence-corrected chi connectivity index (χ4v) is 15.3. The Morgan fingerprint density at radius 1 is 0.394 bits per heavy atom. The van der Waals surface area contributed by atoms with Crippen LogP contribution < -0.4 is 16.2 Å². The maximum absolute atomic E-state index is 16.3. The molecule has 0 N–H and O–H groups in total. The van der Waals surface area contributed by atoms with Gasteiger partial charge in [0.2, 0.25) is 26.8 Å². The van der Waals surface area contributed by atoms with Crippen molar-refractivity contribution in [3.63, 3.8) is 0 Å². The molecule has 2 aromatic heterocycles. The number of allylic oxidation sites excluding steroid dienone is 1. The summed E-state index contributed by atoms with van der Waals surface area (Å²) in [5.74, 6) is -6.30. The van der Waals surface area contributed by atoms with Gasteiger partial charge in [-0.15, -0.1) is 11.3 Å². The van der Waals surface area contributed by atoms with Crippen LogP contribution in [0.25, 0.3) is 71.1 Å². The first-order valence-electron chi connectivity index (χ1n) is 29.9. The van der Waals surface area contributed by atoms with Gasteiger partial charge in [-0.1, -0.05) is 181 Å². The predicted octanol–water partition coefficient (Wildman–Crippen LogP) is 13.0. The van der Waals surface area contributed by atoms with Crippen LogP contribution in [-0.4, -0.2) is 45.4 Å². The first-order valence-corrected chi connectivity index (χ1v) is 31.6. The minimum Gasteiger partial charge on any atom is -0.459 e. The number of hydrogen-bond acceptors (Lipinski definition) is 17. The fourth-order valence-electron chi connectivity index (χ4n) is 13.0. The molecule has 0 amide bonds. The van der Waals surface area contributed by atoms with Crippen LogP contribution in [0.4, 0.5) is 5.13 Å². The normalized spacial score (nSPS) is 14.1. The fraction of sp³-hybridized carbons (Fsp3) is 0.0779. The van der Waals surface area contributed by atoms with Gasteiger partial charge in [0.05, 0.1) is 26.7 Å². The Morgan fingerprint density at radius 3 is 1.10 bits per heavy atom. The molecule has 16 rings (SSSR count). The van der Waals surface area contributed by atoms with Crippen LogP contribution in [0.2, 0.25) is 0 Å². The Balaban J connectivity index is 0.947. The van der Waals surface area contributed by atoms with Crippen molar-refractivity contribution in [2.75, 3.05) is 0 Å². The number of carbonyl (C=O) groups excluding carboxylic acids is 6. The highest BCUT2D eigenvalue weighted by Gasteiger charge is 2.73. The van der Waals surface area contributed by atoms with E-state index in [0.29, 0.717) is 44.4 Å². The summed E-state index contributed by atoms with van der Waals surface area (Å²) in [5, 5.41) is 5.78. The standard InChI is InChI=1S/C77H45N3O12S2/c81-63-54-33-50-29-46-25-13-14-26-47(46)30-51(50)34-55(54)64(82)58(63)37-59-78-69-67(93-59)60-61(76(69,71(85)89-38-42-17-5-1-6-18-42)72(86)90-39-43-19-7-2-8-20-43)68-70(77(60,73(87)91-40-44-21-9-3-10-22-44)74(88)92-41-45-23-11-4-12-24-45)80-75(94-68)79-62-65(83)56-35-52-31-48-27-15-16-28-49(48)32-53(52)36-57(56)66(62)84/h1-37H,38-41H2. The number of carbonyl (C=O) groups is 6. The van der Waals surface area contributed by atoms with Crippen molar-refractivity contribution < 1.29 is 47.7 Å². The van der Waals surface area contributed by atoms with E-state index < -0.39 is 94.6 Å². The zero-order valence-corrected chi connectivity index (χ0v) is 50.9. The van der Waals surface area contributed by atoms with E-state index in [9.17, 15) is 19.2 Å². The van der Waals surface area contributed by atoms with Crippen LogP contribution in [-0.2, 0) is 75.4 Å². The van der Waals surface area contributed by atoms with E-state index in [1.165, 1.54) is 6.08 Å². The molecular weight excluding hydrogens is 1220 g/mol. The summed E-state index contributed by atoms with van der Waals surface area (Å²) in [5.41, 5.74) is -6.61. The van der Waals surface area contributed by atoms with Crippen molar-refractivity contribution in [3.05, 3.63) is 309 Å². The van der Waals surface area contributed by atoms with Crippen LogP contribution >= 0.6 is 22.7 Å². The molecule has 0 atom stereocenters. The topological polar surface area (TPSA) is 212 Å². The molecule has 0 unspecified atom stereocenters. The van der Waals surface area contributed by atoms with Gasteiger partial charge in [0.15, 0.2) is 16.9 Å². The van der Waals surface area contributed by atoms with Gasteiger partial charge in [0.1, 0.15) is 31.4 Å². The number of rotatable bonds is 14. The molecule has 3 aliphatic carbocycles. The molecule has 0 bridgehead atoms. The molecule has 0 aliphatic heterocycles. The van der Waals surface area contributed by atoms with Gasteiger partial charge in [-0.25, -0.2) is 15.0 Å². The summed E-state index contributed by atoms with van der Waals surface area (Å²) in [6, 6.07) is 64.4. The van der Waals surface area contributed by atoms with Crippen molar-refractivity contribution in [1.29, 1.82) is 0 Å². The lowest BCUT2D eigenvalue weighted by molar-refractivity contribution is -0.165. The van der Waals surface area contributed by atoms with Gasteiger partial charge >= 0.3 is 23.9 Å². The maximum Gasteiger partial charge on any atom is 0.334 e. The Morgan fingerprint density at radius 2 is 0.723 bits per heavy atom. The number of aromatic nitrogens is 2. The zero-order valence-electron chi connectivity index (χ0n) is 49.2. The summed E-state index contributed by atoms with van der Waals surface area (Å²) in [6.45, 7) is -1.65. The predicted molar refractivity (Wildman–Crippen MR) is 357 cm³/mol. The largest absolute Gasteiger partial charge is 0.459 e. The average molecular weight is 1270 g/mol. The Labute approximate surface area is 540 Å². The summed E-state index contributed by atoms with van der Waals surface area (Å²) in [6.07, 6.45) is 1.27. The van der Waals surface area contributed by atoms with Crippen molar-refractivity contribution >= 4 is 134 Å². The van der Waals surface area contributed by atoms with E-state index in [1.807, 2.05) is 72.8 Å². The molecule has 0 fully saturated rings. The second-order valence-electron chi connectivity index (χ2n) is 23.1. The number of benzene rings is 10. The van der Waals surface area contributed by atoms with Gasteiger partial charge in [-0.05, 0) is 120 Å². The van der Waals surface area contributed by atoms with Gasteiger partial charge < -0.3 is 18.9 Å². The summed E-state index contributed by atoms with van der Waals surface area (Å²) >= 11 is 1.47. The average Bonchev–Trinajstić information content (AvgIpc) is 1.48. The van der Waals surface area contributed by atoms with E-state index in [2.05, 4.69) is 4.99 Å². The van der Waals surface area contributed by atoms with Gasteiger partial charge in [0, 0.05) is 33.0 Å². The van der Waals surface area contributed by atoms with Crippen LogP contribution in [0.5, 0.6) is 0 Å². The highest BCUT2D eigenvalue weighted by atomic mass is 32.1. The lowest BCUT2D eigenvalue weighted by Gasteiger charge is -2.27. The Bertz CT molecular complexity index is 5420. The molecule has 94 heavy (non-hydrogen) atoms. The monoisotopic (exact) mass is 1270 g/mol. The van der Waals surface area contributed by atoms with Gasteiger partial charge in [-0.2, -0.15) is 0 Å². The highest BCUT2D eigenvalue weighted by Crippen LogP contribution is 2.67. The van der Waals surface area contributed by atoms with Crippen molar-refractivity contribution in [2.24, 2.45) is 4.99 Å². The molecule has 0 radical (unpaired) electrons. The lowest BCUT2D eigenvalue weighted by atomic mass is 9.79. The van der Waals surface area contributed by atoms with E-state index in [4.69, 9.17) is 28.9 Å². The number of esters is 4. The second-order valence-corrected chi connectivity index (χ2v) is 25.1. The van der Waals surface area contributed by atoms with Gasteiger partial charge in [-0.3, -0.25) is 38.4 Å². The van der Waals surface area contributed by atoms with Crippen LogP contribution in [0.1, 0.15) is 69.1 Å². The number of ether oxygens (including phenoxy) is 4. The maximum atomic E-state index is 16.3. The molecule has 2 heterocycles. The second kappa shape index (κ2) is 22.6. The van der Waals surface area contributed by atoms with Crippen molar-refractivity contribution in [2.45, 2.75) is 37.3 Å². The molecule has 3 aliphatic rings. The Hall–Kier alpha value is -11.8.